The summed E-state index contributed by atoms with van der Waals surface area (Å²) < 4.78 is 58.4. The van der Waals surface area contributed by atoms with E-state index in [0.29, 0.717) is 0 Å². The van der Waals surface area contributed by atoms with Crippen LogP contribution in [0.2, 0.25) is 0 Å². The highest BCUT2D eigenvalue weighted by Crippen LogP contribution is 2.28. The fraction of sp³-hybridized carbons (Fsp3) is 0.143. The van der Waals surface area contributed by atoms with Crippen LogP contribution in [0.4, 0.5) is 17.6 Å². The number of nitrogens with one attached hydrogen (secondary N) is 1. The van der Waals surface area contributed by atoms with E-state index in [0.717, 1.165) is 18.2 Å². The van der Waals surface area contributed by atoms with Gasteiger partial charge in [0, 0.05) is 11.6 Å². The zero-order valence-corrected chi connectivity index (χ0v) is 11.0. The second kappa shape index (κ2) is 6.11. The van der Waals surface area contributed by atoms with Gasteiger partial charge in [-0.2, -0.15) is 0 Å². The molecule has 7 heteroatoms. The molecule has 112 valence electrons. The molecule has 3 N–H and O–H groups in total. The summed E-state index contributed by atoms with van der Waals surface area (Å²) in [5.41, 5.74) is 2.25. The van der Waals surface area contributed by atoms with E-state index in [2.05, 4.69) is 5.43 Å². The van der Waals surface area contributed by atoms with Crippen molar-refractivity contribution in [1.29, 1.82) is 0 Å². The molecule has 2 rings (SSSR count). The number of methoxy groups -OCH3 is 1. The molecule has 0 aliphatic carbocycles. The molecule has 0 radical (unpaired) electrons. The van der Waals surface area contributed by atoms with E-state index in [1.54, 1.807) is 0 Å². The van der Waals surface area contributed by atoms with Crippen LogP contribution in [0.5, 0.6) is 5.75 Å². The molecule has 0 bridgehead atoms. The molecule has 0 saturated heterocycles. The van der Waals surface area contributed by atoms with E-state index < -0.39 is 29.3 Å². The maximum Gasteiger partial charge on any atom is 0.194 e. The lowest BCUT2D eigenvalue weighted by Crippen LogP contribution is -2.29. The molecule has 0 aromatic heterocycles. The van der Waals surface area contributed by atoms with Crippen molar-refractivity contribution in [3.05, 3.63) is 64.7 Å². The Balaban J connectivity index is 2.49. The third kappa shape index (κ3) is 2.98. The standard InChI is InChI=1S/C14H12F4N2O/c1-21-8-2-3-9(10(15)6-8)14(20-19)7-4-11(16)13(18)12(17)5-7/h2-6,14,20H,19H2,1H3. The summed E-state index contributed by atoms with van der Waals surface area (Å²) in [6.07, 6.45) is 0. The predicted octanol–water partition coefficient (Wildman–Crippen LogP) is 2.80. The van der Waals surface area contributed by atoms with Crippen LogP contribution in [-0.4, -0.2) is 7.11 Å². The van der Waals surface area contributed by atoms with Crippen LogP contribution in [-0.2, 0) is 0 Å². The van der Waals surface area contributed by atoms with Gasteiger partial charge in [0.25, 0.3) is 0 Å². The fourth-order valence-corrected chi connectivity index (χ4v) is 1.98. The number of nitrogens with two attached hydrogens (primary N) is 1. The minimum absolute atomic E-state index is 0.0435. The average molecular weight is 300 g/mol. The Morgan fingerprint density at radius 1 is 1.00 bits per heavy atom. The van der Waals surface area contributed by atoms with Gasteiger partial charge in [-0.15, -0.1) is 0 Å². The van der Waals surface area contributed by atoms with Gasteiger partial charge in [0.1, 0.15) is 11.6 Å². The maximum absolute atomic E-state index is 14.0. The molecule has 21 heavy (non-hydrogen) atoms. The van der Waals surface area contributed by atoms with Crippen LogP contribution in [0.3, 0.4) is 0 Å². The highest BCUT2D eigenvalue weighted by Gasteiger charge is 2.21. The Labute approximate surface area is 118 Å². The number of hydrazine groups is 1. The molecular formula is C14H12F4N2O. The Kier molecular flexibility index (Phi) is 4.44. The van der Waals surface area contributed by atoms with E-state index in [1.807, 2.05) is 0 Å². The van der Waals surface area contributed by atoms with Crippen LogP contribution in [0, 0.1) is 23.3 Å². The molecule has 2 aromatic carbocycles. The Bertz CT molecular complexity index is 640. The van der Waals surface area contributed by atoms with E-state index in [1.165, 1.54) is 19.2 Å². The summed E-state index contributed by atoms with van der Waals surface area (Å²) >= 11 is 0. The zero-order valence-electron chi connectivity index (χ0n) is 11.0. The maximum atomic E-state index is 14.0. The van der Waals surface area contributed by atoms with Gasteiger partial charge < -0.3 is 4.74 Å². The van der Waals surface area contributed by atoms with Crippen LogP contribution < -0.4 is 16.0 Å². The summed E-state index contributed by atoms with van der Waals surface area (Å²) in [5, 5.41) is 0. The zero-order chi connectivity index (χ0) is 15.6. The van der Waals surface area contributed by atoms with Gasteiger partial charge in [-0.1, -0.05) is 6.07 Å². The molecule has 0 saturated carbocycles. The van der Waals surface area contributed by atoms with Crippen molar-refractivity contribution in [2.75, 3.05) is 7.11 Å². The van der Waals surface area contributed by atoms with Gasteiger partial charge in [0.15, 0.2) is 17.5 Å². The van der Waals surface area contributed by atoms with Crippen molar-refractivity contribution in [1.82, 2.24) is 5.43 Å². The first-order valence-corrected chi connectivity index (χ1v) is 5.92. The van der Waals surface area contributed by atoms with Crippen LogP contribution in [0.1, 0.15) is 17.2 Å². The predicted molar refractivity (Wildman–Crippen MR) is 68.4 cm³/mol. The molecule has 0 aliphatic heterocycles. The van der Waals surface area contributed by atoms with Gasteiger partial charge in [0.2, 0.25) is 0 Å². The van der Waals surface area contributed by atoms with Crippen molar-refractivity contribution >= 4 is 0 Å². The van der Waals surface area contributed by atoms with E-state index in [-0.39, 0.29) is 16.9 Å². The third-order valence-corrected chi connectivity index (χ3v) is 3.02. The summed E-state index contributed by atoms with van der Waals surface area (Å²) in [5.74, 6) is 0.586. The topological polar surface area (TPSA) is 47.3 Å². The second-order valence-corrected chi connectivity index (χ2v) is 4.29. The molecule has 0 aliphatic rings. The molecule has 1 unspecified atom stereocenters. The minimum Gasteiger partial charge on any atom is -0.497 e. The highest BCUT2D eigenvalue weighted by molar-refractivity contribution is 5.37. The lowest BCUT2D eigenvalue weighted by molar-refractivity contribution is 0.409. The molecule has 0 fully saturated rings. The summed E-state index contributed by atoms with van der Waals surface area (Å²) in [6.45, 7) is 0. The van der Waals surface area contributed by atoms with Gasteiger partial charge in [-0.3, -0.25) is 5.84 Å². The minimum atomic E-state index is -1.59. The fourth-order valence-electron chi connectivity index (χ4n) is 1.98. The van der Waals surface area contributed by atoms with Gasteiger partial charge in [-0.05, 0) is 23.8 Å². The second-order valence-electron chi connectivity index (χ2n) is 4.29. The first-order chi connectivity index (χ1) is 9.97. The lowest BCUT2D eigenvalue weighted by atomic mass is 9.98. The molecule has 1 atom stereocenters. The van der Waals surface area contributed by atoms with Gasteiger partial charge in [0.05, 0.1) is 13.2 Å². The van der Waals surface area contributed by atoms with E-state index >= 15 is 0 Å². The van der Waals surface area contributed by atoms with Crippen molar-refractivity contribution in [2.45, 2.75) is 6.04 Å². The molecule has 2 aromatic rings. The van der Waals surface area contributed by atoms with Crippen LogP contribution in [0.25, 0.3) is 0 Å². The van der Waals surface area contributed by atoms with Gasteiger partial charge >= 0.3 is 0 Å². The van der Waals surface area contributed by atoms with Crippen LogP contribution in [0.15, 0.2) is 30.3 Å². The molecule has 3 nitrogen and oxygen atoms in total. The number of hydrogen-bond acceptors (Lipinski definition) is 3. The van der Waals surface area contributed by atoms with Crippen molar-refractivity contribution in [3.63, 3.8) is 0 Å². The quantitative estimate of drug-likeness (QED) is 0.395. The summed E-state index contributed by atoms with van der Waals surface area (Å²) in [4.78, 5) is 0. The average Bonchev–Trinajstić information content (AvgIpc) is 2.46. The van der Waals surface area contributed by atoms with Gasteiger partial charge in [-0.25, -0.2) is 23.0 Å². The Morgan fingerprint density at radius 2 is 1.62 bits per heavy atom. The number of halogens is 4. The number of benzene rings is 2. The first-order valence-electron chi connectivity index (χ1n) is 5.92. The SMILES string of the molecule is COc1ccc(C(NN)c2cc(F)c(F)c(F)c2)c(F)c1. The van der Waals surface area contributed by atoms with Crippen molar-refractivity contribution < 1.29 is 22.3 Å². The number of ether oxygens (including phenoxy) is 1. The van der Waals surface area contributed by atoms with E-state index in [4.69, 9.17) is 10.6 Å². The molecule has 0 amide bonds. The monoisotopic (exact) mass is 300 g/mol. The molecule has 0 spiro atoms. The first kappa shape index (κ1) is 15.3. The number of hydrogen-bond donors (Lipinski definition) is 2. The van der Waals surface area contributed by atoms with Crippen LogP contribution >= 0.6 is 0 Å². The number of rotatable bonds is 4. The highest BCUT2D eigenvalue weighted by atomic mass is 19.2. The summed E-state index contributed by atoms with van der Waals surface area (Å²) in [7, 11) is 1.37. The van der Waals surface area contributed by atoms with E-state index in [9.17, 15) is 17.6 Å². The lowest BCUT2D eigenvalue weighted by Gasteiger charge is -2.18. The van der Waals surface area contributed by atoms with Crippen molar-refractivity contribution in [2.24, 2.45) is 5.84 Å². The summed E-state index contributed by atoms with van der Waals surface area (Å²) in [6, 6.07) is 4.41. The molecule has 0 heterocycles. The largest absolute Gasteiger partial charge is 0.497 e. The molecular weight excluding hydrogens is 288 g/mol. The Morgan fingerprint density at radius 3 is 2.10 bits per heavy atom. The smallest absolute Gasteiger partial charge is 0.194 e. The third-order valence-electron chi connectivity index (χ3n) is 3.02. The normalized spacial score (nSPS) is 12.3. The Hall–Kier alpha value is -2.12. The van der Waals surface area contributed by atoms with Crippen molar-refractivity contribution in [3.8, 4) is 5.75 Å².